The fraction of sp³-hybridized carbons (Fsp3) is 0.778. The van der Waals surface area contributed by atoms with Crippen molar-refractivity contribution in [1.29, 1.82) is 0 Å². The third-order valence-electron chi connectivity index (χ3n) is 1.23. The quantitative estimate of drug-likeness (QED) is 0.420. The summed E-state index contributed by atoms with van der Waals surface area (Å²) in [5.41, 5.74) is 0. The topological polar surface area (TPSA) is 30.5 Å². The van der Waals surface area contributed by atoms with Crippen LogP contribution in [0.25, 0.3) is 0 Å². The molecule has 0 bridgehead atoms. The second-order valence-electron chi connectivity index (χ2n) is 2.22. The van der Waals surface area contributed by atoms with Crippen LogP contribution in [0.15, 0.2) is 0 Å². The van der Waals surface area contributed by atoms with Crippen molar-refractivity contribution in [1.82, 2.24) is 5.32 Å². The van der Waals surface area contributed by atoms with E-state index in [0.717, 1.165) is 19.7 Å². The van der Waals surface area contributed by atoms with Gasteiger partial charge < -0.3 is 14.8 Å². The fourth-order valence-electron chi connectivity index (χ4n) is 0.672. The van der Waals surface area contributed by atoms with Gasteiger partial charge >= 0.3 is 0 Å². The molecule has 0 aliphatic carbocycles. The Hall–Kier alpha value is -0.560. The van der Waals surface area contributed by atoms with Crippen LogP contribution in [0, 0.1) is 12.3 Å². The Morgan fingerprint density at radius 1 is 1.25 bits per heavy atom. The molecule has 70 valence electrons. The number of ether oxygens (including phenoxy) is 2. The fourth-order valence-corrected chi connectivity index (χ4v) is 0.672. The number of nitrogens with one attached hydrogen (secondary N) is 1. The molecule has 0 amide bonds. The summed E-state index contributed by atoms with van der Waals surface area (Å²) >= 11 is 0. The third kappa shape index (κ3) is 9.44. The van der Waals surface area contributed by atoms with Crippen molar-refractivity contribution in [3.05, 3.63) is 0 Å². The average Bonchev–Trinajstić information content (AvgIpc) is 2.10. The summed E-state index contributed by atoms with van der Waals surface area (Å²) in [6.07, 6.45) is 4.98. The summed E-state index contributed by atoms with van der Waals surface area (Å²) in [6, 6.07) is 0. The molecule has 0 spiro atoms. The summed E-state index contributed by atoms with van der Waals surface area (Å²) in [7, 11) is 0. The molecular weight excluding hydrogens is 154 g/mol. The minimum Gasteiger partial charge on any atom is -0.378 e. The van der Waals surface area contributed by atoms with Crippen LogP contribution >= 0.6 is 0 Å². The number of terminal acetylenes is 1. The Morgan fingerprint density at radius 3 is 2.67 bits per heavy atom. The van der Waals surface area contributed by atoms with Crippen LogP contribution in [-0.4, -0.2) is 39.5 Å². The van der Waals surface area contributed by atoms with E-state index in [1.165, 1.54) is 0 Å². The highest BCUT2D eigenvalue weighted by Crippen LogP contribution is 1.76. The molecule has 3 heteroatoms. The molecular formula is C9H17NO2. The molecule has 0 unspecified atom stereocenters. The summed E-state index contributed by atoms with van der Waals surface area (Å²) < 4.78 is 10.2. The van der Waals surface area contributed by atoms with Crippen molar-refractivity contribution in [2.24, 2.45) is 0 Å². The molecule has 0 saturated carbocycles. The van der Waals surface area contributed by atoms with E-state index >= 15 is 0 Å². The number of rotatable bonds is 8. The van der Waals surface area contributed by atoms with Crippen molar-refractivity contribution < 1.29 is 9.47 Å². The van der Waals surface area contributed by atoms with Gasteiger partial charge in [-0.3, -0.25) is 0 Å². The molecule has 0 aliphatic heterocycles. The van der Waals surface area contributed by atoms with Crippen LogP contribution in [0.1, 0.15) is 6.92 Å². The first-order chi connectivity index (χ1) is 5.91. The van der Waals surface area contributed by atoms with Crippen LogP contribution in [0.2, 0.25) is 0 Å². The third-order valence-corrected chi connectivity index (χ3v) is 1.23. The lowest BCUT2D eigenvalue weighted by Gasteiger charge is -2.03. The van der Waals surface area contributed by atoms with E-state index in [0.29, 0.717) is 19.8 Å². The van der Waals surface area contributed by atoms with Gasteiger partial charge in [0, 0.05) is 6.54 Å². The summed E-state index contributed by atoms with van der Waals surface area (Å²) in [5.74, 6) is 2.39. The maximum atomic E-state index is 5.23. The molecule has 0 aromatic rings. The van der Waals surface area contributed by atoms with Crippen molar-refractivity contribution in [3.63, 3.8) is 0 Å². The molecule has 3 nitrogen and oxygen atoms in total. The lowest BCUT2D eigenvalue weighted by Crippen LogP contribution is -2.20. The molecule has 0 radical (unpaired) electrons. The van der Waals surface area contributed by atoms with Gasteiger partial charge in [0.2, 0.25) is 0 Å². The molecule has 0 saturated heterocycles. The summed E-state index contributed by atoms with van der Waals surface area (Å²) in [4.78, 5) is 0. The molecule has 0 heterocycles. The van der Waals surface area contributed by atoms with Gasteiger partial charge in [-0.1, -0.05) is 12.8 Å². The Kier molecular flexibility index (Phi) is 9.95. The predicted molar refractivity (Wildman–Crippen MR) is 49.0 cm³/mol. The molecule has 12 heavy (non-hydrogen) atoms. The molecule has 0 rings (SSSR count). The zero-order valence-corrected chi connectivity index (χ0v) is 7.64. The zero-order chi connectivity index (χ0) is 9.07. The van der Waals surface area contributed by atoms with E-state index < -0.39 is 0 Å². The van der Waals surface area contributed by atoms with Crippen LogP contribution in [0.4, 0.5) is 0 Å². The van der Waals surface area contributed by atoms with E-state index in [-0.39, 0.29) is 0 Å². The summed E-state index contributed by atoms with van der Waals surface area (Å²) in [5, 5.41) is 3.15. The Balaban J connectivity index is 2.78. The maximum absolute atomic E-state index is 5.23. The maximum Gasteiger partial charge on any atom is 0.107 e. The van der Waals surface area contributed by atoms with Gasteiger partial charge in [-0.2, -0.15) is 0 Å². The van der Waals surface area contributed by atoms with Gasteiger partial charge in [0.1, 0.15) is 6.61 Å². The van der Waals surface area contributed by atoms with E-state index in [9.17, 15) is 0 Å². The molecule has 1 N–H and O–H groups in total. The largest absolute Gasteiger partial charge is 0.378 e. The highest BCUT2D eigenvalue weighted by molar-refractivity contribution is 4.82. The monoisotopic (exact) mass is 171 g/mol. The van der Waals surface area contributed by atoms with E-state index in [1.54, 1.807) is 0 Å². The number of likely N-dealkylation sites (N-methyl/N-ethyl adjacent to an activating group) is 1. The highest BCUT2D eigenvalue weighted by Gasteiger charge is 1.87. The van der Waals surface area contributed by atoms with E-state index in [1.807, 2.05) is 0 Å². The minimum absolute atomic E-state index is 0.372. The van der Waals surface area contributed by atoms with Crippen LogP contribution in [0.5, 0.6) is 0 Å². The Labute approximate surface area is 74.4 Å². The molecule has 0 atom stereocenters. The SMILES string of the molecule is C#CCOCCOCCNCC. The first kappa shape index (κ1) is 11.4. The van der Waals surface area contributed by atoms with Gasteiger partial charge in [0.25, 0.3) is 0 Å². The van der Waals surface area contributed by atoms with Crippen molar-refractivity contribution in [3.8, 4) is 12.3 Å². The van der Waals surface area contributed by atoms with Crippen molar-refractivity contribution in [2.75, 3.05) is 39.5 Å². The molecule has 0 aromatic heterocycles. The summed E-state index contributed by atoms with van der Waals surface area (Å²) in [6.45, 7) is 6.24. The molecule has 0 fully saturated rings. The Bertz CT molecular complexity index is 120. The van der Waals surface area contributed by atoms with Gasteiger partial charge in [-0.15, -0.1) is 6.42 Å². The lowest BCUT2D eigenvalue weighted by molar-refractivity contribution is 0.0615. The van der Waals surface area contributed by atoms with Crippen LogP contribution in [0.3, 0.4) is 0 Å². The zero-order valence-electron chi connectivity index (χ0n) is 7.64. The molecule has 0 aromatic carbocycles. The Morgan fingerprint density at radius 2 is 2.00 bits per heavy atom. The molecule has 0 aliphatic rings. The van der Waals surface area contributed by atoms with Crippen LogP contribution < -0.4 is 5.32 Å². The average molecular weight is 171 g/mol. The number of hydrogen-bond donors (Lipinski definition) is 1. The van der Waals surface area contributed by atoms with Gasteiger partial charge in [0.15, 0.2) is 0 Å². The normalized spacial score (nSPS) is 9.67. The highest BCUT2D eigenvalue weighted by atomic mass is 16.5. The van der Waals surface area contributed by atoms with E-state index in [4.69, 9.17) is 15.9 Å². The van der Waals surface area contributed by atoms with Gasteiger partial charge in [-0.25, -0.2) is 0 Å². The first-order valence-corrected chi connectivity index (χ1v) is 4.21. The standard InChI is InChI=1S/C9H17NO2/c1-3-6-11-8-9-12-7-5-10-4-2/h1,10H,4-9H2,2H3. The van der Waals surface area contributed by atoms with Gasteiger partial charge in [0.05, 0.1) is 19.8 Å². The second kappa shape index (κ2) is 10.4. The predicted octanol–water partition coefficient (Wildman–Crippen LogP) is 0.262. The smallest absolute Gasteiger partial charge is 0.107 e. The van der Waals surface area contributed by atoms with Crippen molar-refractivity contribution >= 4 is 0 Å². The minimum atomic E-state index is 0.372. The first-order valence-electron chi connectivity index (χ1n) is 4.21. The van der Waals surface area contributed by atoms with Crippen LogP contribution in [-0.2, 0) is 9.47 Å². The second-order valence-corrected chi connectivity index (χ2v) is 2.22. The van der Waals surface area contributed by atoms with Crippen molar-refractivity contribution in [2.45, 2.75) is 6.92 Å². The number of hydrogen-bond acceptors (Lipinski definition) is 3. The van der Waals surface area contributed by atoms with Gasteiger partial charge in [-0.05, 0) is 6.54 Å². The lowest BCUT2D eigenvalue weighted by atomic mass is 10.6. The van der Waals surface area contributed by atoms with E-state index in [2.05, 4.69) is 18.2 Å².